The third kappa shape index (κ3) is 4.75. The van der Waals surface area contributed by atoms with Crippen molar-refractivity contribution in [1.82, 2.24) is 5.32 Å². The van der Waals surface area contributed by atoms with Crippen molar-refractivity contribution in [2.24, 2.45) is 5.92 Å². The second-order valence-corrected chi connectivity index (χ2v) is 5.09. The van der Waals surface area contributed by atoms with E-state index in [0.29, 0.717) is 24.6 Å². The summed E-state index contributed by atoms with van der Waals surface area (Å²) in [5, 5.41) is 5.21. The van der Waals surface area contributed by atoms with E-state index in [0.717, 1.165) is 6.42 Å². The van der Waals surface area contributed by atoms with Gasteiger partial charge in [0.25, 0.3) is 0 Å². The average Bonchev–Trinajstić information content (AvgIpc) is 2.35. The predicted octanol–water partition coefficient (Wildman–Crippen LogP) is 3.07. The van der Waals surface area contributed by atoms with Crippen molar-refractivity contribution in [2.75, 3.05) is 11.9 Å². The van der Waals surface area contributed by atoms with Crippen molar-refractivity contribution in [3.63, 3.8) is 0 Å². The van der Waals surface area contributed by atoms with E-state index in [-0.39, 0.29) is 11.6 Å². The fraction of sp³-hybridized carbons (Fsp3) is 0.500. The molecule has 0 aliphatic carbocycles. The molecular weight excluding hydrogens is 269 g/mol. The van der Waals surface area contributed by atoms with E-state index in [1.807, 2.05) is 13.8 Å². The molecule has 0 saturated heterocycles. The Bertz CT molecular complexity index is 478. The van der Waals surface area contributed by atoms with Gasteiger partial charge in [0.1, 0.15) is 11.9 Å². The Morgan fingerprint density at radius 3 is 2.30 bits per heavy atom. The summed E-state index contributed by atoms with van der Waals surface area (Å²) in [7, 11) is 0. The molecule has 0 spiro atoms. The quantitative estimate of drug-likeness (QED) is 0.790. The highest BCUT2D eigenvalue weighted by molar-refractivity contribution is 5.84. The zero-order valence-electron chi connectivity index (χ0n) is 11.8. The predicted molar refractivity (Wildman–Crippen MR) is 71.9 cm³/mol. The summed E-state index contributed by atoms with van der Waals surface area (Å²) in [5.74, 6) is -3.23. The van der Waals surface area contributed by atoms with Crippen LogP contribution in [-0.2, 0) is 4.79 Å². The molecule has 6 heteroatoms. The van der Waals surface area contributed by atoms with Gasteiger partial charge >= 0.3 is 0 Å². The summed E-state index contributed by atoms with van der Waals surface area (Å²) >= 11 is 0. The van der Waals surface area contributed by atoms with Crippen molar-refractivity contribution >= 4 is 11.6 Å². The summed E-state index contributed by atoms with van der Waals surface area (Å²) in [4.78, 5) is 11.7. The van der Waals surface area contributed by atoms with E-state index < -0.39 is 23.5 Å². The van der Waals surface area contributed by atoms with Gasteiger partial charge in [0, 0.05) is 18.7 Å². The summed E-state index contributed by atoms with van der Waals surface area (Å²) < 4.78 is 39.2. The van der Waals surface area contributed by atoms with Gasteiger partial charge in [-0.3, -0.25) is 4.79 Å². The highest BCUT2D eigenvalue weighted by Gasteiger charge is 2.16. The van der Waals surface area contributed by atoms with Crippen LogP contribution < -0.4 is 10.6 Å². The van der Waals surface area contributed by atoms with Gasteiger partial charge in [-0.1, -0.05) is 13.8 Å². The van der Waals surface area contributed by atoms with Crippen molar-refractivity contribution in [3.05, 3.63) is 29.6 Å². The molecule has 1 aromatic rings. The first-order chi connectivity index (χ1) is 9.31. The Kier molecular flexibility index (Phi) is 5.85. The van der Waals surface area contributed by atoms with Crippen molar-refractivity contribution in [2.45, 2.75) is 33.2 Å². The Labute approximate surface area is 116 Å². The largest absolute Gasteiger partial charge is 0.371 e. The fourth-order valence-corrected chi connectivity index (χ4v) is 1.57. The standard InChI is InChI=1S/C14H19F3N2O/c1-8(2)4-5-18-14(20)9(3)19-13-7-11(16)10(15)6-12(13)17/h6-9,19H,4-5H2,1-3H3,(H,18,20). The molecule has 20 heavy (non-hydrogen) atoms. The van der Waals surface area contributed by atoms with E-state index in [1.54, 1.807) is 0 Å². The van der Waals surface area contributed by atoms with Crippen LogP contribution in [-0.4, -0.2) is 18.5 Å². The molecule has 0 fully saturated rings. The van der Waals surface area contributed by atoms with Crippen LogP contribution in [0.15, 0.2) is 12.1 Å². The summed E-state index contributed by atoms with van der Waals surface area (Å²) in [5.41, 5.74) is -0.240. The summed E-state index contributed by atoms with van der Waals surface area (Å²) in [6.45, 7) is 6.10. The number of carbonyl (C=O) groups is 1. The number of nitrogens with one attached hydrogen (secondary N) is 2. The van der Waals surface area contributed by atoms with Crippen LogP contribution in [0, 0.1) is 23.4 Å². The molecule has 3 nitrogen and oxygen atoms in total. The average molecular weight is 288 g/mol. The second-order valence-electron chi connectivity index (χ2n) is 5.09. The third-order valence-corrected chi connectivity index (χ3v) is 2.80. The van der Waals surface area contributed by atoms with Gasteiger partial charge in [-0.05, 0) is 19.3 Å². The van der Waals surface area contributed by atoms with Gasteiger partial charge in [0.2, 0.25) is 5.91 Å². The maximum absolute atomic E-state index is 13.4. The van der Waals surface area contributed by atoms with Gasteiger partial charge in [-0.2, -0.15) is 0 Å². The van der Waals surface area contributed by atoms with Crippen molar-refractivity contribution in [1.29, 1.82) is 0 Å². The minimum absolute atomic E-state index is 0.240. The molecule has 1 amide bonds. The van der Waals surface area contributed by atoms with Crippen LogP contribution >= 0.6 is 0 Å². The van der Waals surface area contributed by atoms with Crippen LogP contribution in [0.1, 0.15) is 27.2 Å². The number of anilines is 1. The minimum Gasteiger partial charge on any atom is -0.371 e. The Hall–Kier alpha value is -1.72. The molecule has 1 atom stereocenters. The molecule has 0 aliphatic rings. The van der Waals surface area contributed by atoms with E-state index in [1.165, 1.54) is 6.92 Å². The molecular formula is C14H19F3N2O. The molecule has 112 valence electrons. The summed E-state index contributed by atoms with van der Waals surface area (Å²) in [6.07, 6.45) is 0.831. The van der Waals surface area contributed by atoms with Crippen LogP contribution in [0.25, 0.3) is 0 Å². The highest BCUT2D eigenvalue weighted by atomic mass is 19.2. The monoisotopic (exact) mass is 288 g/mol. The zero-order valence-corrected chi connectivity index (χ0v) is 11.8. The molecule has 0 bridgehead atoms. The first-order valence-corrected chi connectivity index (χ1v) is 6.50. The van der Waals surface area contributed by atoms with Crippen molar-refractivity contribution < 1.29 is 18.0 Å². The number of hydrogen-bond acceptors (Lipinski definition) is 2. The van der Waals surface area contributed by atoms with Crippen LogP contribution in [0.5, 0.6) is 0 Å². The minimum atomic E-state index is -1.26. The van der Waals surface area contributed by atoms with E-state index in [2.05, 4.69) is 10.6 Å². The molecule has 0 radical (unpaired) electrons. The molecule has 1 rings (SSSR count). The van der Waals surface area contributed by atoms with Crippen LogP contribution in [0.2, 0.25) is 0 Å². The maximum atomic E-state index is 13.4. The second kappa shape index (κ2) is 7.17. The molecule has 0 aliphatic heterocycles. The first kappa shape index (κ1) is 16.3. The maximum Gasteiger partial charge on any atom is 0.242 e. The van der Waals surface area contributed by atoms with Gasteiger partial charge < -0.3 is 10.6 Å². The molecule has 1 unspecified atom stereocenters. The lowest BCUT2D eigenvalue weighted by atomic mass is 10.1. The highest BCUT2D eigenvalue weighted by Crippen LogP contribution is 2.19. The van der Waals surface area contributed by atoms with Crippen molar-refractivity contribution in [3.8, 4) is 0 Å². The lowest BCUT2D eigenvalue weighted by Gasteiger charge is -2.16. The van der Waals surface area contributed by atoms with E-state index >= 15 is 0 Å². The molecule has 2 N–H and O–H groups in total. The third-order valence-electron chi connectivity index (χ3n) is 2.80. The van der Waals surface area contributed by atoms with Gasteiger partial charge in [-0.15, -0.1) is 0 Å². The number of amides is 1. The fourth-order valence-electron chi connectivity index (χ4n) is 1.57. The Balaban J connectivity index is 2.59. The number of benzene rings is 1. The van der Waals surface area contributed by atoms with Crippen LogP contribution in [0.4, 0.5) is 18.9 Å². The number of rotatable bonds is 6. The number of hydrogen-bond donors (Lipinski definition) is 2. The lowest BCUT2D eigenvalue weighted by Crippen LogP contribution is -2.38. The number of carbonyl (C=O) groups excluding carboxylic acids is 1. The van der Waals surface area contributed by atoms with Gasteiger partial charge in [0.05, 0.1) is 5.69 Å². The normalized spacial score (nSPS) is 12.3. The topological polar surface area (TPSA) is 41.1 Å². The smallest absolute Gasteiger partial charge is 0.242 e. The van der Waals surface area contributed by atoms with E-state index in [9.17, 15) is 18.0 Å². The summed E-state index contributed by atoms with van der Waals surface area (Å²) in [6, 6.07) is 0.394. The van der Waals surface area contributed by atoms with E-state index in [4.69, 9.17) is 0 Å². The lowest BCUT2D eigenvalue weighted by molar-refractivity contribution is -0.121. The molecule has 1 aromatic carbocycles. The van der Waals surface area contributed by atoms with Crippen LogP contribution in [0.3, 0.4) is 0 Å². The Morgan fingerprint density at radius 1 is 1.10 bits per heavy atom. The molecule has 0 aromatic heterocycles. The SMILES string of the molecule is CC(C)CCNC(=O)C(C)Nc1cc(F)c(F)cc1F. The van der Waals surface area contributed by atoms with Gasteiger partial charge in [-0.25, -0.2) is 13.2 Å². The molecule has 0 heterocycles. The first-order valence-electron chi connectivity index (χ1n) is 6.50. The number of halogens is 3. The van der Waals surface area contributed by atoms with Gasteiger partial charge in [0.15, 0.2) is 11.6 Å². The Morgan fingerprint density at radius 2 is 1.70 bits per heavy atom. The molecule has 0 saturated carbocycles. The zero-order chi connectivity index (χ0) is 15.3.